The minimum Gasteiger partial charge on any atom is -0.490 e. The molecule has 112 valence electrons. The molecular formula is C17H20ClNO2. The maximum atomic E-state index is 6.23. The first-order chi connectivity index (χ1) is 10.2. The molecule has 2 N–H and O–H groups in total. The van der Waals surface area contributed by atoms with Crippen LogP contribution in [0.2, 0.25) is 5.02 Å². The Morgan fingerprint density at radius 3 is 2.14 bits per heavy atom. The lowest BCUT2D eigenvalue weighted by Gasteiger charge is -2.13. The van der Waals surface area contributed by atoms with E-state index in [2.05, 4.69) is 0 Å². The molecule has 0 heterocycles. The molecule has 3 nitrogen and oxygen atoms in total. The monoisotopic (exact) mass is 305 g/mol. The van der Waals surface area contributed by atoms with Crippen molar-refractivity contribution >= 4 is 11.6 Å². The SMILES string of the molecule is CCOc1ccc(-c2ccc(CN)c(Cl)c2)cc1OCC. The molecule has 21 heavy (non-hydrogen) atoms. The van der Waals surface area contributed by atoms with E-state index < -0.39 is 0 Å². The molecule has 4 heteroatoms. The number of hydrogen-bond donors (Lipinski definition) is 1. The first-order valence-corrected chi connectivity index (χ1v) is 7.45. The highest BCUT2D eigenvalue weighted by Crippen LogP contribution is 2.34. The zero-order valence-electron chi connectivity index (χ0n) is 12.4. The third-order valence-corrected chi connectivity index (χ3v) is 3.50. The molecule has 0 fully saturated rings. The van der Waals surface area contributed by atoms with Crippen LogP contribution >= 0.6 is 11.6 Å². The number of halogens is 1. The number of ether oxygens (including phenoxy) is 2. The number of hydrogen-bond acceptors (Lipinski definition) is 3. The van der Waals surface area contributed by atoms with Crippen molar-refractivity contribution in [1.82, 2.24) is 0 Å². The summed E-state index contributed by atoms with van der Waals surface area (Å²) in [6.07, 6.45) is 0. The fourth-order valence-corrected chi connectivity index (χ4v) is 2.38. The van der Waals surface area contributed by atoms with Gasteiger partial charge in [-0.3, -0.25) is 0 Å². The Kier molecular flexibility index (Phi) is 5.48. The minimum absolute atomic E-state index is 0.437. The van der Waals surface area contributed by atoms with Gasteiger partial charge in [-0.15, -0.1) is 0 Å². The van der Waals surface area contributed by atoms with Crippen LogP contribution in [0.1, 0.15) is 19.4 Å². The van der Waals surface area contributed by atoms with Crippen molar-refractivity contribution in [2.75, 3.05) is 13.2 Å². The first-order valence-electron chi connectivity index (χ1n) is 7.08. The van der Waals surface area contributed by atoms with Gasteiger partial charge in [-0.05, 0) is 48.7 Å². The van der Waals surface area contributed by atoms with Crippen molar-refractivity contribution in [2.45, 2.75) is 20.4 Å². The maximum Gasteiger partial charge on any atom is 0.161 e. The first kappa shape index (κ1) is 15.7. The molecule has 0 amide bonds. The number of nitrogens with two attached hydrogens (primary N) is 1. The Labute approximate surface area is 130 Å². The van der Waals surface area contributed by atoms with E-state index in [1.165, 1.54) is 0 Å². The van der Waals surface area contributed by atoms with Crippen molar-refractivity contribution in [1.29, 1.82) is 0 Å². The van der Waals surface area contributed by atoms with Crippen molar-refractivity contribution in [3.05, 3.63) is 47.0 Å². The smallest absolute Gasteiger partial charge is 0.161 e. The molecule has 0 saturated carbocycles. The summed E-state index contributed by atoms with van der Waals surface area (Å²) in [7, 11) is 0. The van der Waals surface area contributed by atoms with Crippen molar-refractivity contribution in [3.63, 3.8) is 0 Å². The zero-order chi connectivity index (χ0) is 15.2. The zero-order valence-corrected chi connectivity index (χ0v) is 13.1. The summed E-state index contributed by atoms with van der Waals surface area (Å²) >= 11 is 6.23. The molecule has 0 saturated heterocycles. The second kappa shape index (κ2) is 7.34. The fraction of sp³-hybridized carbons (Fsp3) is 0.294. The summed E-state index contributed by atoms with van der Waals surface area (Å²) < 4.78 is 11.2. The summed E-state index contributed by atoms with van der Waals surface area (Å²) in [4.78, 5) is 0. The van der Waals surface area contributed by atoms with Gasteiger partial charge in [0.15, 0.2) is 11.5 Å². The van der Waals surface area contributed by atoms with Gasteiger partial charge >= 0.3 is 0 Å². The standard InChI is InChI=1S/C17H20ClNO2/c1-3-20-16-8-7-13(10-17(16)21-4-2)12-5-6-14(11-19)15(18)9-12/h5-10H,3-4,11,19H2,1-2H3. The van der Waals surface area contributed by atoms with Gasteiger partial charge in [0, 0.05) is 11.6 Å². The molecule has 0 aliphatic rings. The predicted molar refractivity (Wildman–Crippen MR) is 87.1 cm³/mol. The summed E-state index contributed by atoms with van der Waals surface area (Å²) in [6.45, 7) is 5.55. The van der Waals surface area contributed by atoms with E-state index in [-0.39, 0.29) is 0 Å². The Balaban J connectivity index is 2.39. The van der Waals surface area contributed by atoms with Gasteiger partial charge in [-0.2, -0.15) is 0 Å². The second-order valence-corrected chi connectivity index (χ2v) is 4.95. The van der Waals surface area contributed by atoms with Crippen LogP contribution in [-0.2, 0) is 6.54 Å². The third kappa shape index (κ3) is 3.69. The normalized spacial score (nSPS) is 10.5. The lowest BCUT2D eigenvalue weighted by atomic mass is 10.0. The van der Waals surface area contributed by atoms with Gasteiger partial charge in [0.25, 0.3) is 0 Å². The third-order valence-electron chi connectivity index (χ3n) is 3.15. The van der Waals surface area contributed by atoms with Gasteiger partial charge in [-0.25, -0.2) is 0 Å². The Bertz CT molecular complexity index is 614. The van der Waals surface area contributed by atoms with Crippen LogP contribution in [0.4, 0.5) is 0 Å². The molecule has 0 atom stereocenters. The molecule has 2 aromatic carbocycles. The summed E-state index contributed by atoms with van der Waals surface area (Å²) in [5.74, 6) is 1.50. The van der Waals surface area contributed by atoms with E-state index in [0.29, 0.717) is 24.8 Å². The van der Waals surface area contributed by atoms with E-state index in [9.17, 15) is 0 Å². The molecule has 0 radical (unpaired) electrons. The average Bonchev–Trinajstić information content (AvgIpc) is 2.49. The summed E-state index contributed by atoms with van der Waals surface area (Å²) in [5.41, 5.74) is 8.64. The Morgan fingerprint density at radius 1 is 0.905 bits per heavy atom. The van der Waals surface area contributed by atoms with Crippen molar-refractivity contribution in [2.24, 2.45) is 5.73 Å². The summed E-state index contributed by atoms with van der Waals surface area (Å²) in [6, 6.07) is 11.8. The van der Waals surface area contributed by atoms with Crippen molar-refractivity contribution in [3.8, 4) is 22.6 Å². The molecule has 2 rings (SSSR count). The Morgan fingerprint density at radius 2 is 1.52 bits per heavy atom. The number of benzene rings is 2. The van der Waals surface area contributed by atoms with Crippen LogP contribution in [-0.4, -0.2) is 13.2 Å². The van der Waals surface area contributed by atoms with Crippen LogP contribution < -0.4 is 15.2 Å². The van der Waals surface area contributed by atoms with Gasteiger partial charge in [-0.1, -0.05) is 29.8 Å². The van der Waals surface area contributed by atoms with E-state index in [0.717, 1.165) is 28.2 Å². The highest BCUT2D eigenvalue weighted by atomic mass is 35.5. The average molecular weight is 306 g/mol. The van der Waals surface area contributed by atoms with Crippen LogP contribution in [0.5, 0.6) is 11.5 Å². The predicted octanol–water partition coefficient (Wildman–Crippen LogP) is 4.26. The molecule has 0 aromatic heterocycles. The summed E-state index contributed by atoms with van der Waals surface area (Å²) in [5, 5.41) is 0.682. The van der Waals surface area contributed by atoms with Gasteiger partial charge in [0.1, 0.15) is 0 Å². The van der Waals surface area contributed by atoms with Crippen molar-refractivity contribution < 1.29 is 9.47 Å². The highest BCUT2D eigenvalue weighted by Gasteiger charge is 2.09. The minimum atomic E-state index is 0.437. The van der Waals surface area contributed by atoms with Gasteiger partial charge < -0.3 is 15.2 Å². The van der Waals surface area contributed by atoms with E-state index in [1.807, 2.05) is 50.2 Å². The van der Waals surface area contributed by atoms with Crippen LogP contribution in [0, 0.1) is 0 Å². The van der Waals surface area contributed by atoms with E-state index in [4.69, 9.17) is 26.8 Å². The van der Waals surface area contributed by atoms with Crippen LogP contribution in [0.25, 0.3) is 11.1 Å². The van der Waals surface area contributed by atoms with E-state index >= 15 is 0 Å². The van der Waals surface area contributed by atoms with Gasteiger partial charge in [0.05, 0.1) is 13.2 Å². The van der Waals surface area contributed by atoms with E-state index in [1.54, 1.807) is 0 Å². The molecule has 0 unspecified atom stereocenters. The van der Waals surface area contributed by atoms with Crippen LogP contribution in [0.15, 0.2) is 36.4 Å². The van der Waals surface area contributed by atoms with Crippen LogP contribution in [0.3, 0.4) is 0 Å². The largest absolute Gasteiger partial charge is 0.490 e. The topological polar surface area (TPSA) is 44.5 Å². The second-order valence-electron chi connectivity index (χ2n) is 4.54. The maximum absolute atomic E-state index is 6.23. The number of rotatable bonds is 6. The Hall–Kier alpha value is -1.71. The quantitative estimate of drug-likeness (QED) is 0.867. The fourth-order valence-electron chi connectivity index (χ4n) is 2.12. The van der Waals surface area contributed by atoms with Gasteiger partial charge in [0.2, 0.25) is 0 Å². The highest BCUT2D eigenvalue weighted by molar-refractivity contribution is 6.31. The molecule has 2 aromatic rings. The molecular weight excluding hydrogens is 286 g/mol. The molecule has 0 bridgehead atoms. The lowest BCUT2D eigenvalue weighted by Crippen LogP contribution is -1.99. The lowest BCUT2D eigenvalue weighted by molar-refractivity contribution is 0.288. The molecule has 0 aliphatic carbocycles. The molecule has 0 aliphatic heterocycles. The molecule has 0 spiro atoms.